The molecule has 1 heterocycles. The second-order valence-corrected chi connectivity index (χ2v) is 7.77. The van der Waals surface area contributed by atoms with Gasteiger partial charge in [-0.2, -0.15) is 0 Å². The van der Waals surface area contributed by atoms with Crippen LogP contribution in [-0.4, -0.2) is 56.2 Å². The van der Waals surface area contributed by atoms with E-state index in [2.05, 4.69) is 34.2 Å². The van der Waals surface area contributed by atoms with Crippen molar-refractivity contribution in [2.45, 2.75) is 51.6 Å². The molecule has 0 spiro atoms. The molecule has 1 aliphatic heterocycles. The van der Waals surface area contributed by atoms with Gasteiger partial charge in [-0.05, 0) is 49.9 Å². The minimum absolute atomic E-state index is 0.0536. The number of nitrogens with zero attached hydrogens (tertiary/aromatic N) is 2. The summed E-state index contributed by atoms with van der Waals surface area (Å²) in [4.78, 5) is 17.4. The second kappa shape index (κ2) is 8.76. The Morgan fingerprint density at radius 2 is 1.77 bits per heavy atom. The maximum atomic E-state index is 12.7. The number of methoxy groups -OCH3 is 1. The van der Waals surface area contributed by atoms with Crippen molar-refractivity contribution in [3.05, 3.63) is 24.3 Å². The maximum Gasteiger partial charge on any atom is 0.237 e. The van der Waals surface area contributed by atoms with Crippen molar-refractivity contribution in [1.82, 2.24) is 10.2 Å². The molecule has 2 fully saturated rings. The van der Waals surface area contributed by atoms with E-state index in [9.17, 15) is 4.79 Å². The molecule has 1 aliphatic carbocycles. The first-order chi connectivity index (χ1) is 12.6. The monoisotopic (exact) mass is 359 g/mol. The quantitative estimate of drug-likeness (QED) is 0.878. The van der Waals surface area contributed by atoms with Crippen LogP contribution < -0.4 is 15.0 Å². The third kappa shape index (κ3) is 4.50. The summed E-state index contributed by atoms with van der Waals surface area (Å²) in [7, 11) is 1.69. The molecule has 1 saturated heterocycles. The van der Waals surface area contributed by atoms with Gasteiger partial charge in [0.1, 0.15) is 5.75 Å². The van der Waals surface area contributed by atoms with Crippen LogP contribution in [0.15, 0.2) is 24.3 Å². The molecule has 1 aromatic rings. The molecule has 26 heavy (non-hydrogen) atoms. The topological polar surface area (TPSA) is 44.8 Å². The highest BCUT2D eigenvalue weighted by atomic mass is 16.5. The zero-order valence-electron chi connectivity index (χ0n) is 16.4. The summed E-state index contributed by atoms with van der Waals surface area (Å²) < 4.78 is 5.23. The van der Waals surface area contributed by atoms with Crippen molar-refractivity contribution in [3.63, 3.8) is 0 Å². The Hall–Kier alpha value is -1.75. The summed E-state index contributed by atoms with van der Waals surface area (Å²) in [6.07, 6.45) is 4.91. The van der Waals surface area contributed by atoms with Crippen molar-refractivity contribution >= 4 is 11.6 Å². The lowest BCUT2D eigenvalue weighted by Crippen LogP contribution is -2.55. The van der Waals surface area contributed by atoms with Gasteiger partial charge in [0.2, 0.25) is 5.91 Å². The van der Waals surface area contributed by atoms with Crippen LogP contribution >= 0.6 is 0 Å². The van der Waals surface area contributed by atoms with Crippen LogP contribution in [0.3, 0.4) is 0 Å². The second-order valence-electron chi connectivity index (χ2n) is 7.77. The number of carbonyl (C=O) groups is 1. The minimum Gasteiger partial charge on any atom is -0.497 e. The molecule has 144 valence electrons. The van der Waals surface area contributed by atoms with Gasteiger partial charge >= 0.3 is 0 Å². The van der Waals surface area contributed by atoms with Gasteiger partial charge in [-0.25, -0.2) is 0 Å². The number of nitrogens with one attached hydrogen (secondary N) is 1. The van der Waals surface area contributed by atoms with Gasteiger partial charge in [0.05, 0.1) is 13.2 Å². The third-order valence-electron chi connectivity index (χ3n) is 6.12. The Balaban J connectivity index is 1.49. The van der Waals surface area contributed by atoms with Gasteiger partial charge in [-0.3, -0.25) is 9.69 Å². The molecule has 2 aliphatic rings. The zero-order chi connectivity index (χ0) is 18.5. The highest BCUT2D eigenvalue weighted by Crippen LogP contribution is 2.24. The number of benzene rings is 1. The summed E-state index contributed by atoms with van der Waals surface area (Å²) in [5.74, 6) is 1.68. The molecular weight excluding hydrogens is 326 g/mol. The third-order valence-corrected chi connectivity index (χ3v) is 6.12. The SMILES string of the molecule is COc1ccc(N2CCN([C@H](C)C(=O)N[C@H]3CCCC[C@H]3C)CC2)cc1. The number of carbonyl (C=O) groups excluding carboxylic acids is 1. The summed E-state index contributed by atoms with van der Waals surface area (Å²) >= 11 is 0. The smallest absolute Gasteiger partial charge is 0.237 e. The van der Waals surface area contributed by atoms with E-state index in [-0.39, 0.29) is 11.9 Å². The van der Waals surface area contributed by atoms with E-state index in [1.54, 1.807) is 7.11 Å². The molecule has 5 heteroatoms. The van der Waals surface area contributed by atoms with E-state index < -0.39 is 0 Å². The van der Waals surface area contributed by atoms with Gasteiger partial charge in [0, 0.05) is 37.9 Å². The van der Waals surface area contributed by atoms with E-state index >= 15 is 0 Å². The largest absolute Gasteiger partial charge is 0.497 e. The van der Waals surface area contributed by atoms with Crippen molar-refractivity contribution in [1.29, 1.82) is 0 Å². The van der Waals surface area contributed by atoms with Gasteiger partial charge in [-0.15, -0.1) is 0 Å². The molecule has 0 unspecified atom stereocenters. The molecule has 0 bridgehead atoms. The standard InChI is InChI=1S/C21H33N3O2/c1-16-6-4-5-7-20(16)22-21(25)17(2)23-12-14-24(15-13-23)18-8-10-19(26-3)11-9-18/h8-11,16-17,20H,4-7,12-15H2,1-3H3,(H,22,25)/t16-,17-,20+/m1/s1. The van der Waals surface area contributed by atoms with Crippen molar-refractivity contribution in [3.8, 4) is 5.75 Å². The van der Waals surface area contributed by atoms with E-state index in [4.69, 9.17) is 4.74 Å². The average molecular weight is 360 g/mol. The van der Waals surface area contributed by atoms with E-state index in [1.165, 1.54) is 24.9 Å². The van der Waals surface area contributed by atoms with Crippen molar-refractivity contribution in [2.75, 3.05) is 38.2 Å². The van der Waals surface area contributed by atoms with Gasteiger partial charge in [0.25, 0.3) is 0 Å². The lowest BCUT2D eigenvalue weighted by molar-refractivity contribution is -0.127. The van der Waals surface area contributed by atoms with Gasteiger partial charge in [0.15, 0.2) is 0 Å². The molecule has 0 radical (unpaired) electrons. The highest BCUT2D eigenvalue weighted by Gasteiger charge is 2.29. The van der Waals surface area contributed by atoms with Crippen LogP contribution in [-0.2, 0) is 4.79 Å². The fraction of sp³-hybridized carbons (Fsp3) is 0.667. The van der Waals surface area contributed by atoms with E-state index in [0.29, 0.717) is 12.0 Å². The number of hydrogen-bond acceptors (Lipinski definition) is 4. The number of anilines is 1. The first kappa shape index (κ1) is 19.0. The zero-order valence-corrected chi connectivity index (χ0v) is 16.4. The Labute approximate surface area is 157 Å². The molecule has 1 N–H and O–H groups in total. The first-order valence-electron chi connectivity index (χ1n) is 10.0. The molecule has 1 saturated carbocycles. The summed E-state index contributed by atoms with van der Waals surface area (Å²) in [5, 5.41) is 3.31. The predicted molar refractivity (Wildman–Crippen MR) is 106 cm³/mol. The predicted octanol–water partition coefficient (Wildman–Crippen LogP) is 2.90. The van der Waals surface area contributed by atoms with Crippen LogP contribution in [0.2, 0.25) is 0 Å². The van der Waals surface area contributed by atoms with E-state index in [1.807, 2.05) is 19.1 Å². The number of piperazine rings is 1. The lowest BCUT2D eigenvalue weighted by Gasteiger charge is -2.39. The molecule has 1 aromatic carbocycles. The Morgan fingerprint density at radius 3 is 2.38 bits per heavy atom. The fourth-order valence-corrected chi connectivity index (χ4v) is 4.16. The van der Waals surface area contributed by atoms with Crippen LogP contribution in [0.25, 0.3) is 0 Å². The lowest BCUT2D eigenvalue weighted by atomic mass is 9.86. The number of rotatable bonds is 5. The number of ether oxygens (including phenoxy) is 1. The van der Waals surface area contributed by atoms with Crippen LogP contribution in [0.5, 0.6) is 5.75 Å². The van der Waals surface area contributed by atoms with Crippen molar-refractivity contribution in [2.24, 2.45) is 5.92 Å². The van der Waals surface area contributed by atoms with E-state index in [0.717, 1.165) is 38.3 Å². The summed E-state index contributed by atoms with van der Waals surface area (Å²) in [6, 6.07) is 8.53. The average Bonchev–Trinajstić information content (AvgIpc) is 2.69. The maximum absolute atomic E-state index is 12.7. The normalized spacial score (nSPS) is 25.6. The molecule has 5 nitrogen and oxygen atoms in total. The first-order valence-corrected chi connectivity index (χ1v) is 10.0. The molecule has 3 rings (SSSR count). The van der Waals surface area contributed by atoms with Crippen LogP contribution in [0, 0.1) is 5.92 Å². The van der Waals surface area contributed by atoms with Crippen LogP contribution in [0.4, 0.5) is 5.69 Å². The molecule has 0 aromatic heterocycles. The number of amides is 1. The van der Waals surface area contributed by atoms with Gasteiger partial charge < -0.3 is 15.0 Å². The summed E-state index contributed by atoms with van der Waals surface area (Å²) in [6.45, 7) is 8.05. The Bertz CT molecular complexity index is 581. The minimum atomic E-state index is -0.0536. The molecule has 1 amide bonds. The fourth-order valence-electron chi connectivity index (χ4n) is 4.16. The van der Waals surface area contributed by atoms with Gasteiger partial charge in [-0.1, -0.05) is 19.8 Å². The number of hydrogen-bond donors (Lipinski definition) is 1. The highest BCUT2D eigenvalue weighted by molar-refractivity contribution is 5.81. The molecular formula is C21H33N3O2. The molecule has 3 atom stereocenters. The summed E-state index contributed by atoms with van der Waals surface area (Å²) in [5.41, 5.74) is 1.22. The van der Waals surface area contributed by atoms with Crippen molar-refractivity contribution < 1.29 is 9.53 Å². The Kier molecular flexibility index (Phi) is 6.41. The van der Waals surface area contributed by atoms with Crippen LogP contribution in [0.1, 0.15) is 39.5 Å². The Morgan fingerprint density at radius 1 is 1.12 bits per heavy atom.